The average molecular weight is 338 g/mol. The van der Waals surface area contributed by atoms with Crippen LogP contribution in [0, 0.1) is 0 Å². The Balaban J connectivity index is 2.28. The SMILES string of the molecule is CC1CC(N)CCN1S(=O)(=O)c1cccc(OC(F)(F)F)c1. The minimum atomic E-state index is -4.87. The fourth-order valence-corrected chi connectivity index (χ4v) is 4.20. The monoisotopic (exact) mass is 338 g/mol. The summed E-state index contributed by atoms with van der Waals surface area (Å²) in [4.78, 5) is -0.225. The molecule has 5 nitrogen and oxygen atoms in total. The third-order valence-electron chi connectivity index (χ3n) is 3.50. The zero-order chi connectivity index (χ0) is 16.5. The van der Waals surface area contributed by atoms with Crippen molar-refractivity contribution >= 4 is 10.0 Å². The molecule has 0 radical (unpaired) electrons. The van der Waals surface area contributed by atoms with Gasteiger partial charge in [-0.3, -0.25) is 0 Å². The first-order valence-electron chi connectivity index (χ1n) is 6.73. The van der Waals surface area contributed by atoms with Crippen LogP contribution in [0.25, 0.3) is 0 Å². The maximum atomic E-state index is 12.6. The standard InChI is InChI=1S/C13H17F3N2O3S/c1-9-7-10(17)5-6-18(9)22(19,20)12-4-2-3-11(8-12)21-13(14,15)16/h2-4,8-10H,5-7,17H2,1H3. The van der Waals surface area contributed by atoms with E-state index in [-0.39, 0.29) is 23.5 Å². The Kier molecular flexibility index (Phi) is 4.69. The van der Waals surface area contributed by atoms with Crippen LogP contribution in [0.1, 0.15) is 19.8 Å². The van der Waals surface area contributed by atoms with Gasteiger partial charge in [0.05, 0.1) is 4.90 Å². The summed E-state index contributed by atoms with van der Waals surface area (Å²) in [5, 5.41) is 0. The van der Waals surface area contributed by atoms with Crippen molar-refractivity contribution in [1.82, 2.24) is 4.31 Å². The Morgan fingerprint density at radius 3 is 2.64 bits per heavy atom. The van der Waals surface area contributed by atoms with Crippen molar-refractivity contribution in [3.05, 3.63) is 24.3 Å². The van der Waals surface area contributed by atoms with Crippen molar-refractivity contribution in [3.8, 4) is 5.75 Å². The Morgan fingerprint density at radius 2 is 2.05 bits per heavy atom. The minimum Gasteiger partial charge on any atom is -0.406 e. The van der Waals surface area contributed by atoms with Crippen LogP contribution in [0.4, 0.5) is 13.2 Å². The Labute approximate surface area is 126 Å². The van der Waals surface area contributed by atoms with Gasteiger partial charge in [-0.1, -0.05) is 6.07 Å². The molecule has 2 N–H and O–H groups in total. The molecule has 1 aliphatic heterocycles. The second kappa shape index (κ2) is 6.05. The summed E-state index contributed by atoms with van der Waals surface area (Å²) in [6.45, 7) is 1.97. The number of nitrogens with zero attached hydrogens (tertiary/aromatic N) is 1. The number of halogens is 3. The lowest BCUT2D eigenvalue weighted by molar-refractivity contribution is -0.274. The number of hydrogen-bond acceptors (Lipinski definition) is 4. The molecule has 0 aliphatic carbocycles. The van der Waals surface area contributed by atoms with Gasteiger partial charge in [0.15, 0.2) is 0 Å². The van der Waals surface area contributed by atoms with E-state index in [9.17, 15) is 21.6 Å². The minimum absolute atomic E-state index is 0.0682. The fraction of sp³-hybridized carbons (Fsp3) is 0.538. The molecule has 2 rings (SSSR count). The fourth-order valence-electron chi connectivity index (χ4n) is 2.51. The van der Waals surface area contributed by atoms with Gasteiger partial charge >= 0.3 is 6.36 Å². The van der Waals surface area contributed by atoms with Gasteiger partial charge < -0.3 is 10.5 Å². The van der Waals surface area contributed by atoms with E-state index in [0.717, 1.165) is 12.1 Å². The molecule has 0 aromatic heterocycles. The Hall–Kier alpha value is -1.32. The van der Waals surface area contributed by atoms with Crippen molar-refractivity contribution < 1.29 is 26.3 Å². The van der Waals surface area contributed by atoms with Crippen molar-refractivity contribution in [1.29, 1.82) is 0 Å². The lowest BCUT2D eigenvalue weighted by Gasteiger charge is -2.35. The van der Waals surface area contributed by atoms with Crippen LogP contribution < -0.4 is 10.5 Å². The van der Waals surface area contributed by atoms with Crippen LogP contribution in [0.2, 0.25) is 0 Å². The number of rotatable bonds is 3. The highest BCUT2D eigenvalue weighted by molar-refractivity contribution is 7.89. The van der Waals surface area contributed by atoms with Gasteiger partial charge in [0, 0.05) is 24.7 Å². The van der Waals surface area contributed by atoms with Gasteiger partial charge in [0.1, 0.15) is 5.75 Å². The highest BCUT2D eigenvalue weighted by atomic mass is 32.2. The lowest BCUT2D eigenvalue weighted by Crippen LogP contribution is -2.48. The zero-order valence-electron chi connectivity index (χ0n) is 11.9. The molecule has 1 aromatic carbocycles. The first-order chi connectivity index (χ1) is 10.1. The van der Waals surface area contributed by atoms with E-state index in [0.29, 0.717) is 12.8 Å². The van der Waals surface area contributed by atoms with Crippen LogP contribution in [0.15, 0.2) is 29.2 Å². The van der Waals surface area contributed by atoms with Gasteiger partial charge in [-0.15, -0.1) is 13.2 Å². The summed E-state index contributed by atoms with van der Waals surface area (Å²) < 4.78 is 66.9. The van der Waals surface area contributed by atoms with E-state index < -0.39 is 22.1 Å². The number of benzene rings is 1. The summed E-state index contributed by atoms with van der Waals surface area (Å²) in [5.74, 6) is -0.560. The van der Waals surface area contributed by atoms with Gasteiger partial charge in [-0.05, 0) is 31.9 Å². The van der Waals surface area contributed by atoms with Crippen LogP contribution >= 0.6 is 0 Å². The van der Waals surface area contributed by atoms with Gasteiger partial charge in [-0.25, -0.2) is 8.42 Å². The number of hydrogen-bond donors (Lipinski definition) is 1. The predicted octanol–water partition coefficient (Wildman–Crippen LogP) is 2.09. The quantitative estimate of drug-likeness (QED) is 0.916. The van der Waals surface area contributed by atoms with E-state index in [1.165, 1.54) is 16.4 Å². The number of piperidine rings is 1. The van der Waals surface area contributed by atoms with Crippen LogP contribution in [-0.2, 0) is 10.0 Å². The molecule has 0 bridgehead atoms. The maximum absolute atomic E-state index is 12.6. The Morgan fingerprint density at radius 1 is 1.36 bits per heavy atom. The predicted molar refractivity (Wildman–Crippen MR) is 73.7 cm³/mol. The second-order valence-electron chi connectivity index (χ2n) is 5.27. The normalized spacial score (nSPS) is 24.2. The molecular weight excluding hydrogens is 321 g/mol. The number of sulfonamides is 1. The van der Waals surface area contributed by atoms with Gasteiger partial charge in [-0.2, -0.15) is 4.31 Å². The molecule has 1 aromatic rings. The molecule has 2 atom stereocenters. The maximum Gasteiger partial charge on any atom is 0.573 e. The molecule has 0 saturated carbocycles. The van der Waals surface area contributed by atoms with E-state index in [4.69, 9.17) is 5.73 Å². The molecule has 9 heteroatoms. The molecule has 1 aliphatic rings. The topological polar surface area (TPSA) is 72.6 Å². The summed E-state index contributed by atoms with van der Waals surface area (Å²) in [6, 6.07) is 4.03. The molecule has 1 heterocycles. The first-order valence-corrected chi connectivity index (χ1v) is 8.17. The van der Waals surface area contributed by atoms with Crippen LogP contribution in [0.5, 0.6) is 5.75 Å². The first kappa shape index (κ1) is 17.0. The summed E-state index contributed by atoms with van der Waals surface area (Å²) in [5.41, 5.74) is 5.80. The molecule has 2 unspecified atom stereocenters. The van der Waals surface area contributed by atoms with Crippen LogP contribution in [-0.4, -0.2) is 37.7 Å². The van der Waals surface area contributed by atoms with Gasteiger partial charge in [0.2, 0.25) is 10.0 Å². The summed E-state index contributed by atoms with van der Waals surface area (Å²) >= 11 is 0. The molecule has 1 saturated heterocycles. The molecule has 0 amide bonds. The molecular formula is C13H17F3N2O3S. The largest absolute Gasteiger partial charge is 0.573 e. The summed E-state index contributed by atoms with van der Waals surface area (Å²) in [6.07, 6.45) is -3.84. The van der Waals surface area contributed by atoms with E-state index >= 15 is 0 Å². The summed E-state index contributed by atoms with van der Waals surface area (Å²) in [7, 11) is -3.88. The molecule has 22 heavy (non-hydrogen) atoms. The average Bonchev–Trinajstić information content (AvgIpc) is 2.36. The third kappa shape index (κ3) is 3.90. The zero-order valence-corrected chi connectivity index (χ0v) is 12.7. The number of nitrogens with two attached hydrogens (primary N) is 1. The molecule has 0 spiro atoms. The lowest BCUT2D eigenvalue weighted by atomic mass is 10.0. The molecule has 124 valence electrons. The van der Waals surface area contributed by atoms with E-state index in [2.05, 4.69) is 4.74 Å². The van der Waals surface area contributed by atoms with Crippen molar-refractivity contribution in [3.63, 3.8) is 0 Å². The highest BCUT2D eigenvalue weighted by Gasteiger charge is 2.35. The van der Waals surface area contributed by atoms with E-state index in [1.54, 1.807) is 6.92 Å². The Bertz CT molecular complexity index is 634. The van der Waals surface area contributed by atoms with E-state index in [1.807, 2.05) is 0 Å². The molecule has 1 fully saturated rings. The third-order valence-corrected chi connectivity index (χ3v) is 5.51. The second-order valence-corrected chi connectivity index (χ2v) is 7.16. The van der Waals surface area contributed by atoms with Gasteiger partial charge in [0.25, 0.3) is 0 Å². The van der Waals surface area contributed by atoms with Crippen molar-refractivity contribution in [2.45, 2.75) is 43.1 Å². The van der Waals surface area contributed by atoms with Crippen molar-refractivity contribution in [2.24, 2.45) is 5.73 Å². The number of ether oxygens (including phenoxy) is 1. The smallest absolute Gasteiger partial charge is 0.406 e. The van der Waals surface area contributed by atoms with Crippen molar-refractivity contribution in [2.75, 3.05) is 6.54 Å². The van der Waals surface area contributed by atoms with Crippen LogP contribution in [0.3, 0.4) is 0 Å². The highest BCUT2D eigenvalue weighted by Crippen LogP contribution is 2.29. The number of alkyl halides is 3.